The quantitative estimate of drug-likeness (QED) is 0.732. The minimum Gasteiger partial charge on any atom is -0.393 e. The Morgan fingerprint density at radius 1 is 1.18 bits per heavy atom. The average Bonchev–Trinajstić information content (AvgIpc) is 2.71. The van der Waals surface area contributed by atoms with Crippen molar-refractivity contribution in [1.29, 1.82) is 0 Å². The first-order valence-corrected chi connectivity index (χ1v) is 10.0. The molecule has 2 aliphatic heterocycles. The lowest BCUT2D eigenvalue weighted by Gasteiger charge is -2.31. The van der Waals surface area contributed by atoms with Crippen LogP contribution in [0.4, 0.5) is 0 Å². The summed E-state index contributed by atoms with van der Waals surface area (Å²) in [6, 6.07) is 12.2. The number of fused-ring (bicyclic) bond motifs is 1. The molecule has 0 radical (unpaired) electrons. The molecule has 3 N–H and O–H groups in total. The van der Waals surface area contributed by atoms with Crippen LogP contribution in [0, 0.1) is 0 Å². The van der Waals surface area contributed by atoms with Crippen molar-refractivity contribution >= 4 is 17.4 Å². The molecular weight excluding hydrogens is 378 g/mol. The normalized spacial score (nSPS) is 24.8. The number of hydrogen-bond donors (Lipinski definition) is 3. The molecule has 0 bridgehead atoms. The highest BCUT2D eigenvalue weighted by Gasteiger charge is 2.36. The molecule has 2 heterocycles. The van der Waals surface area contributed by atoms with E-state index in [1.54, 1.807) is 0 Å². The van der Waals surface area contributed by atoms with E-state index in [0.29, 0.717) is 11.4 Å². The van der Waals surface area contributed by atoms with Crippen LogP contribution in [0.2, 0.25) is 5.02 Å². The maximum absolute atomic E-state index is 11.9. The molecule has 1 fully saturated rings. The molecule has 0 aromatic heterocycles. The molecule has 0 amide bonds. The molecule has 0 saturated carbocycles. The number of aliphatic hydroxyl groups excluding tert-OH is 2. The van der Waals surface area contributed by atoms with Crippen LogP contribution in [0.1, 0.15) is 40.3 Å². The Hall–Kier alpha value is -1.76. The lowest BCUT2D eigenvalue weighted by molar-refractivity contribution is -0.161. The van der Waals surface area contributed by atoms with Crippen molar-refractivity contribution in [2.75, 3.05) is 13.2 Å². The van der Waals surface area contributed by atoms with Gasteiger partial charge in [-0.2, -0.15) is 0 Å². The highest BCUT2D eigenvalue weighted by Crippen LogP contribution is 2.33. The molecule has 0 aliphatic carbocycles. The van der Waals surface area contributed by atoms with Crippen molar-refractivity contribution in [3.63, 3.8) is 0 Å². The monoisotopic (exact) mass is 401 g/mol. The molecule has 6 heteroatoms. The van der Waals surface area contributed by atoms with E-state index >= 15 is 0 Å². The number of Topliss-reactive ketones (excluding diaryl/α,β-unsaturated/α-hetero) is 1. The molecule has 148 valence electrons. The zero-order chi connectivity index (χ0) is 19.7. The van der Waals surface area contributed by atoms with Gasteiger partial charge in [-0.05, 0) is 53.3 Å². The summed E-state index contributed by atoms with van der Waals surface area (Å²) in [6.07, 6.45) is -0.631. The second kappa shape index (κ2) is 8.31. The van der Waals surface area contributed by atoms with E-state index in [0.717, 1.165) is 30.6 Å². The number of nitrogens with one attached hydrogen (secondary N) is 1. The fraction of sp³-hybridized carbons (Fsp3) is 0.409. The first-order chi connectivity index (χ1) is 13.5. The number of hydrogen-bond acceptors (Lipinski definition) is 5. The average molecular weight is 402 g/mol. The molecular formula is C22H24ClNO4. The van der Waals surface area contributed by atoms with E-state index in [9.17, 15) is 15.0 Å². The number of rotatable bonds is 4. The van der Waals surface area contributed by atoms with Gasteiger partial charge in [0.15, 0.2) is 5.78 Å². The van der Waals surface area contributed by atoms with Gasteiger partial charge in [0, 0.05) is 18.0 Å². The van der Waals surface area contributed by atoms with Crippen molar-refractivity contribution in [2.24, 2.45) is 0 Å². The summed E-state index contributed by atoms with van der Waals surface area (Å²) in [7, 11) is 0. The van der Waals surface area contributed by atoms with Crippen LogP contribution >= 0.6 is 11.6 Å². The van der Waals surface area contributed by atoms with Crippen LogP contribution in [-0.4, -0.2) is 41.4 Å². The molecule has 0 spiro atoms. The number of halogens is 1. The molecule has 2 aromatic carbocycles. The van der Waals surface area contributed by atoms with Gasteiger partial charge in [0.2, 0.25) is 0 Å². The Kier molecular flexibility index (Phi) is 5.80. The van der Waals surface area contributed by atoms with Gasteiger partial charge in [0.1, 0.15) is 12.2 Å². The van der Waals surface area contributed by atoms with E-state index in [1.165, 1.54) is 16.7 Å². The van der Waals surface area contributed by atoms with Crippen molar-refractivity contribution < 1.29 is 19.7 Å². The summed E-state index contributed by atoms with van der Waals surface area (Å²) < 4.78 is 5.71. The SMILES string of the molecule is O=C1C(O)CC(c2ccc(Cl)c(Cc3ccc4c(c3)CNCC4)c2)OC1CO. The fourth-order valence-electron chi connectivity index (χ4n) is 4.00. The summed E-state index contributed by atoms with van der Waals surface area (Å²) in [5.41, 5.74) is 5.74. The van der Waals surface area contributed by atoms with E-state index in [4.69, 9.17) is 16.3 Å². The Labute approximate surface area is 169 Å². The van der Waals surface area contributed by atoms with E-state index in [2.05, 4.69) is 23.5 Å². The molecule has 3 atom stereocenters. The number of ketones is 1. The number of carbonyl (C=O) groups excluding carboxylic acids is 1. The van der Waals surface area contributed by atoms with Gasteiger partial charge in [0.05, 0.1) is 12.7 Å². The zero-order valence-corrected chi connectivity index (χ0v) is 16.3. The summed E-state index contributed by atoms with van der Waals surface area (Å²) in [4.78, 5) is 11.9. The highest BCUT2D eigenvalue weighted by molar-refractivity contribution is 6.31. The Bertz CT molecular complexity index is 885. The van der Waals surface area contributed by atoms with Crippen LogP contribution in [0.15, 0.2) is 36.4 Å². The predicted molar refractivity (Wildman–Crippen MR) is 106 cm³/mol. The molecule has 3 unspecified atom stereocenters. The zero-order valence-electron chi connectivity index (χ0n) is 15.5. The Morgan fingerprint density at radius 2 is 2.04 bits per heavy atom. The standard InChI is InChI=1S/C22H24ClNO4/c23-18-4-3-15(20-10-19(26)22(27)21(12-25)28-20)9-16(18)7-13-1-2-14-5-6-24-11-17(14)8-13/h1-4,8-9,19-21,24-26H,5-7,10-12H2. The van der Waals surface area contributed by atoms with Gasteiger partial charge in [-0.15, -0.1) is 0 Å². The minimum atomic E-state index is -1.12. The number of ether oxygens (including phenoxy) is 1. The molecule has 1 saturated heterocycles. The van der Waals surface area contributed by atoms with Crippen molar-refractivity contribution in [3.05, 3.63) is 69.2 Å². The third-order valence-corrected chi connectivity index (χ3v) is 5.94. The second-order valence-corrected chi connectivity index (χ2v) is 7.91. The first-order valence-electron chi connectivity index (χ1n) is 9.63. The van der Waals surface area contributed by atoms with Crippen LogP contribution in [0.5, 0.6) is 0 Å². The van der Waals surface area contributed by atoms with Gasteiger partial charge >= 0.3 is 0 Å². The van der Waals surface area contributed by atoms with Gasteiger partial charge < -0.3 is 20.3 Å². The lowest BCUT2D eigenvalue weighted by atomic mass is 9.92. The van der Waals surface area contributed by atoms with E-state index in [-0.39, 0.29) is 6.42 Å². The minimum absolute atomic E-state index is 0.181. The Balaban J connectivity index is 1.57. The van der Waals surface area contributed by atoms with Gasteiger partial charge in [0.25, 0.3) is 0 Å². The fourth-order valence-corrected chi connectivity index (χ4v) is 4.18. The molecule has 28 heavy (non-hydrogen) atoms. The predicted octanol–water partition coefficient (Wildman–Crippen LogP) is 2.33. The molecule has 4 rings (SSSR count). The third kappa shape index (κ3) is 4.00. The van der Waals surface area contributed by atoms with Gasteiger partial charge in [-0.1, -0.05) is 41.9 Å². The van der Waals surface area contributed by atoms with Crippen molar-refractivity contribution in [3.8, 4) is 0 Å². The number of benzene rings is 2. The summed E-state index contributed by atoms with van der Waals surface area (Å²) in [5, 5.41) is 23.4. The third-order valence-electron chi connectivity index (χ3n) is 5.57. The van der Waals surface area contributed by atoms with Crippen LogP contribution < -0.4 is 5.32 Å². The van der Waals surface area contributed by atoms with Crippen molar-refractivity contribution in [1.82, 2.24) is 5.32 Å². The molecule has 2 aromatic rings. The summed E-state index contributed by atoms with van der Waals surface area (Å²) in [6.45, 7) is 1.47. The largest absolute Gasteiger partial charge is 0.393 e. The Morgan fingerprint density at radius 3 is 2.86 bits per heavy atom. The number of carbonyl (C=O) groups is 1. The summed E-state index contributed by atoms with van der Waals surface area (Å²) in [5.74, 6) is -0.462. The molecule has 5 nitrogen and oxygen atoms in total. The first kappa shape index (κ1) is 19.6. The van der Waals surface area contributed by atoms with Crippen molar-refractivity contribution in [2.45, 2.75) is 44.1 Å². The topological polar surface area (TPSA) is 78.8 Å². The van der Waals surface area contributed by atoms with E-state index in [1.807, 2.05) is 18.2 Å². The second-order valence-electron chi connectivity index (χ2n) is 7.51. The smallest absolute Gasteiger partial charge is 0.192 e. The highest BCUT2D eigenvalue weighted by atomic mass is 35.5. The number of aliphatic hydroxyl groups is 2. The summed E-state index contributed by atoms with van der Waals surface area (Å²) >= 11 is 6.44. The van der Waals surface area contributed by atoms with E-state index < -0.39 is 30.7 Å². The van der Waals surface area contributed by atoms with Crippen LogP contribution in [0.3, 0.4) is 0 Å². The lowest BCUT2D eigenvalue weighted by Crippen LogP contribution is -2.43. The van der Waals surface area contributed by atoms with Gasteiger partial charge in [-0.25, -0.2) is 0 Å². The van der Waals surface area contributed by atoms with Gasteiger partial charge in [-0.3, -0.25) is 4.79 Å². The molecule has 2 aliphatic rings. The van der Waals surface area contributed by atoms with Crippen LogP contribution in [0.25, 0.3) is 0 Å². The van der Waals surface area contributed by atoms with Crippen LogP contribution in [-0.2, 0) is 28.9 Å². The maximum Gasteiger partial charge on any atom is 0.192 e. The maximum atomic E-state index is 11.9.